The molecule has 3 aromatic carbocycles. The monoisotopic (exact) mass is 481 g/mol. The zero-order valence-electron chi connectivity index (χ0n) is 19.3. The summed E-state index contributed by atoms with van der Waals surface area (Å²) < 4.78 is 0. The molecule has 0 saturated heterocycles. The number of hydrogen-bond donors (Lipinski definition) is 1. The number of rotatable bonds is 5. The zero-order chi connectivity index (χ0) is 25.2. The average molecular weight is 482 g/mol. The Kier molecular flexibility index (Phi) is 6.16. The lowest BCUT2D eigenvalue weighted by Gasteiger charge is -2.29. The second-order valence-corrected chi connectivity index (χ2v) is 8.83. The van der Waals surface area contributed by atoms with Gasteiger partial charge in [0.15, 0.2) is 0 Å². The van der Waals surface area contributed by atoms with Crippen molar-refractivity contribution in [3.05, 3.63) is 117 Å². The first-order chi connectivity index (χ1) is 17.5. The summed E-state index contributed by atoms with van der Waals surface area (Å²) in [4.78, 5) is 36.6. The van der Waals surface area contributed by atoms with Gasteiger partial charge in [-0.05, 0) is 48.1 Å². The number of carboxylic acids is 1. The van der Waals surface area contributed by atoms with Crippen LogP contribution in [0.4, 0.5) is 5.69 Å². The molecule has 2 atom stereocenters. The quantitative estimate of drug-likeness (QED) is 0.369. The molecule has 1 amide bonds. The summed E-state index contributed by atoms with van der Waals surface area (Å²) in [6.07, 6.45) is 4.63. The van der Waals surface area contributed by atoms with Crippen molar-refractivity contribution < 1.29 is 19.6 Å². The van der Waals surface area contributed by atoms with E-state index >= 15 is 0 Å². The number of nitro groups is 1. The van der Waals surface area contributed by atoms with Crippen LogP contribution in [0, 0.1) is 16.0 Å². The summed E-state index contributed by atoms with van der Waals surface area (Å²) >= 11 is 0. The van der Waals surface area contributed by atoms with Crippen LogP contribution in [0.2, 0.25) is 0 Å². The van der Waals surface area contributed by atoms with E-state index in [1.165, 1.54) is 17.1 Å². The summed E-state index contributed by atoms with van der Waals surface area (Å²) in [5, 5.41) is 27.4. The van der Waals surface area contributed by atoms with E-state index in [9.17, 15) is 24.8 Å². The Balaban J connectivity index is 1.64. The predicted molar refractivity (Wildman–Crippen MR) is 135 cm³/mol. The Labute approximate surface area is 207 Å². The lowest BCUT2D eigenvalue weighted by Crippen LogP contribution is -2.32. The lowest BCUT2D eigenvalue weighted by molar-refractivity contribution is -0.385. The maximum Gasteiger partial charge on any atom is 0.343 e. The van der Waals surface area contributed by atoms with Gasteiger partial charge in [0.05, 0.1) is 22.2 Å². The van der Waals surface area contributed by atoms with E-state index in [2.05, 4.69) is 6.08 Å². The van der Waals surface area contributed by atoms with E-state index in [1.807, 2.05) is 60.7 Å². The molecule has 1 heterocycles. The third-order valence-electron chi connectivity index (χ3n) is 6.67. The first kappa shape index (κ1) is 23.2. The van der Waals surface area contributed by atoms with Gasteiger partial charge < -0.3 is 5.11 Å². The molecule has 5 rings (SSSR count). The molecule has 1 fully saturated rings. The van der Waals surface area contributed by atoms with Crippen molar-refractivity contribution in [2.75, 3.05) is 0 Å². The number of carbonyl (C=O) groups is 2. The van der Waals surface area contributed by atoms with Gasteiger partial charge in [-0.15, -0.1) is 0 Å². The molecule has 2 aliphatic rings. The SMILES string of the molecule is O=C(O)c1c(C(=O)N2N=C3/C(=C/c4ccccc4)CCC[C@H]3[C@H]2c2ccccc2)cccc1[N+](=O)[O-]. The smallest absolute Gasteiger partial charge is 0.343 e. The molecule has 3 aromatic rings. The van der Waals surface area contributed by atoms with Crippen LogP contribution in [-0.2, 0) is 0 Å². The second-order valence-electron chi connectivity index (χ2n) is 8.83. The van der Waals surface area contributed by atoms with Crippen molar-refractivity contribution >= 4 is 29.4 Å². The Morgan fingerprint density at radius 3 is 2.36 bits per heavy atom. The van der Waals surface area contributed by atoms with Gasteiger partial charge in [0, 0.05) is 12.0 Å². The number of amides is 1. The fraction of sp³-hybridized carbons (Fsp3) is 0.179. The van der Waals surface area contributed by atoms with E-state index in [0.29, 0.717) is 0 Å². The van der Waals surface area contributed by atoms with Crippen molar-refractivity contribution in [2.24, 2.45) is 11.0 Å². The van der Waals surface area contributed by atoms with Gasteiger partial charge in [0.25, 0.3) is 11.6 Å². The van der Waals surface area contributed by atoms with Crippen molar-refractivity contribution in [1.82, 2.24) is 5.01 Å². The van der Waals surface area contributed by atoms with Crippen molar-refractivity contribution in [3.8, 4) is 0 Å². The molecule has 36 heavy (non-hydrogen) atoms. The Bertz CT molecular complexity index is 1400. The van der Waals surface area contributed by atoms with Crippen LogP contribution in [0.25, 0.3) is 6.08 Å². The molecule has 0 radical (unpaired) electrons. The van der Waals surface area contributed by atoms with Crippen molar-refractivity contribution in [1.29, 1.82) is 0 Å². The number of benzene rings is 3. The van der Waals surface area contributed by atoms with Crippen LogP contribution >= 0.6 is 0 Å². The van der Waals surface area contributed by atoms with E-state index in [1.54, 1.807) is 0 Å². The molecular formula is C28H23N3O5. The Hall–Kier alpha value is -4.59. The topological polar surface area (TPSA) is 113 Å². The van der Waals surface area contributed by atoms with Crippen LogP contribution in [0.5, 0.6) is 0 Å². The van der Waals surface area contributed by atoms with Gasteiger partial charge >= 0.3 is 5.97 Å². The normalized spacial score (nSPS) is 20.1. The van der Waals surface area contributed by atoms with Gasteiger partial charge in [-0.1, -0.05) is 66.7 Å². The average Bonchev–Trinajstić information content (AvgIpc) is 3.29. The molecule has 8 heteroatoms. The standard InChI is InChI=1S/C28H23N3O5/c32-27(21-14-8-16-23(31(35)36)24(21)28(33)34)30-26(19-11-5-2-6-12-19)22-15-7-13-20(25(22)29-30)17-18-9-3-1-4-10-18/h1-6,8-12,14,16-17,22,26H,7,13,15H2,(H,33,34)/b20-17+/t22-,26-/m1/s1. The number of aromatic carboxylic acids is 1. The van der Waals surface area contributed by atoms with Crippen LogP contribution in [0.15, 0.2) is 89.5 Å². The Morgan fingerprint density at radius 1 is 1.00 bits per heavy atom. The molecule has 0 unspecified atom stereocenters. The first-order valence-corrected chi connectivity index (χ1v) is 11.7. The summed E-state index contributed by atoms with van der Waals surface area (Å²) in [6, 6.07) is 22.6. The van der Waals surface area contributed by atoms with Crippen molar-refractivity contribution in [2.45, 2.75) is 25.3 Å². The minimum absolute atomic E-state index is 0.0768. The first-order valence-electron chi connectivity index (χ1n) is 11.7. The zero-order valence-corrected chi connectivity index (χ0v) is 19.3. The minimum Gasteiger partial charge on any atom is -0.477 e. The van der Waals surface area contributed by atoms with Crippen LogP contribution in [-0.4, -0.2) is 32.6 Å². The number of carboxylic acid groups (broad SMARTS) is 1. The number of fused-ring (bicyclic) bond motifs is 1. The molecule has 1 saturated carbocycles. The number of allylic oxidation sites excluding steroid dienone is 1. The fourth-order valence-corrected chi connectivity index (χ4v) is 5.12. The largest absolute Gasteiger partial charge is 0.477 e. The molecule has 1 aliphatic heterocycles. The third kappa shape index (κ3) is 4.17. The number of carbonyl (C=O) groups excluding carboxylic acids is 1. The van der Waals surface area contributed by atoms with E-state index < -0.39 is 34.1 Å². The fourth-order valence-electron chi connectivity index (χ4n) is 5.12. The predicted octanol–water partition coefficient (Wildman–Crippen LogP) is 5.73. The molecule has 0 bridgehead atoms. The number of nitro benzene ring substituents is 1. The number of nitrogens with zero attached hydrogens (tertiary/aromatic N) is 3. The number of hydrogen-bond acceptors (Lipinski definition) is 5. The van der Waals surface area contributed by atoms with Crippen LogP contribution in [0.3, 0.4) is 0 Å². The van der Waals surface area contributed by atoms with E-state index in [-0.39, 0.29) is 11.5 Å². The summed E-state index contributed by atoms with van der Waals surface area (Å²) in [5.41, 5.74) is 2.23. The summed E-state index contributed by atoms with van der Waals surface area (Å²) in [5.74, 6) is -2.28. The van der Waals surface area contributed by atoms with Gasteiger partial charge in [0.2, 0.25) is 0 Å². The van der Waals surface area contributed by atoms with Crippen molar-refractivity contribution in [3.63, 3.8) is 0 Å². The van der Waals surface area contributed by atoms with Crippen LogP contribution in [0.1, 0.15) is 57.1 Å². The highest BCUT2D eigenvalue weighted by Crippen LogP contribution is 2.45. The molecule has 8 nitrogen and oxygen atoms in total. The van der Waals surface area contributed by atoms with Crippen LogP contribution < -0.4 is 0 Å². The highest BCUT2D eigenvalue weighted by Gasteiger charge is 2.45. The van der Waals surface area contributed by atoms with Gasteiger partial charge in [-0.2, -0.15) is 5.10 Å². The third-order valence-corrected chi connectivity index (χ3v) is 6.67. The van der Waals surface area contributed by atoms with Gasteiger partial charge in [-0.25, -0.2) is 9.80 Å². The second kappa shape index (κ2) is 9.58. The van der Waals surface area contributed by atoms with E-state index in [0.717, 1.165) is 47.7 Å². The number of hydrazone groups is 1. The summed E-state index contributed by atoms with van der Waals surface area (Å²) in [6.45, 7) is 0. The molecule has 0 spiro atoms. The molecule has 180 valence electrons. The molecule has 1 aliphatic carbocycles. The molecule has 1 N–H and O–H groups in total. The van der Waals surface area contributed by atoms with E-state index in [4.69, 9.17) is 5.10 Å². The maximum absolute atomic E-state index is 13.9. The molecular weight excluding hydrogens is 458 g/mol. The summed E-state index contributed by atoms with van der Waals surface area (Å²) in [7, 11) is 0. The lowest BCUT2D eigenvalue weighted by atomic mass is 9.77. The minimum atomic E-state index is -1.53. The Morgan fingerprint density at radius 2 is 1.69 bits per heavy atom. The molecule has 0 aromatic heterocycles. The van der Waals surface area contributed by atoms with Gasteiger partial charge in [0.1, 0.15) is 5.56 Å². The maximum atomic E-state index is 13.9. The highest BCUT2D eigenvalue weighted by molar-refractivity contribution is 6.11. The highest BCUT2D eigenvalue weighted by atomic mass is 16.6. The van der Waals surface area contributed by atoms with Gasteiger partial charge in [-0.3, -0.25) is 14.9 Å².